The average Bonchev–Trinajstić information content (AvgIpc) is 3.18. The van der Waals surface area contributed by atoms with Crippen molar-refractivity contribution in [3.8, 4) is 5.75 Å². The van der Waals surface area contributed by atoms with Gasteiger partial charge in [-0.15, -0.1) is 11.3 Å². The molecule has 1 aromatic carbocycles. The van der Waals surface area contributed by atoms with E-state index in [0.29, 0.717) is 32.1 Å². The number of aryl methyl sites for hydroxylation is 1. The lowest BCUT2D eigenvalue weighted by atomic mass is 9.79. The summed E-state index contributed by atoms with van der Waals surface area (Å²) in [4.78, 5) is 1.48. The minimum absolute atomic E-state index is 0.195. The molecule has 0 bridgehead atoms. The van der Waals surface area contributed by atoms with Crippen molar-refractivity contribution in [1.82, 2.24) is 4.72 Å². The maximum atomic E-state index is 12.8. The van der Waals surface area contributed by atoms with Crippen molar-refractivity contribution in [2.75, 3.05) is 26.4 Å². The smallest absolute Gasteiger partial charge is 0.240 e. The predicted octanol–water partition coefficient (Wildman–Crippen LogP) is 3.48. The first-order valence-electron chi connectivity index (χ1n) is 8.82. The molecule has 3 rings (SSSR count). The van der Waals surface area contributed by atoms with Gasteiger partial charge in [0.2, 0.25) is 10.0 Å². The molecule has 1 saturated heterocycles. The molecule has 0 amide bonds. The molecule has 1 aromatic heterocycles. The highest BCUT2D eigenvalue weighted by atomic mass is 32.2. The molecule has 2 heterocycles. The number of ether oxygens (including phenoxy) is 2. The molecule has 142 valence electrons. The van der Waals surface area contributed by atoms with E-state index in [9.17, 15) is 8.42 Å². The van der Waals surface area contributed by atoms with Crippen molar-refractivity contribution in [3.63, 3.8) is 0 Å². The zero-order valence-corrected chi connectivity index (χ0v) is 16.8. The third-order valence-corrected chi connectivity index (χ3v) is 7.37. The fraction of sp³-hybridized carbons (Fsp3) is 0.474. The standard InChI is InChI=1S/C19H25NO4S2/c1-3-24-17-7-6-16(13-15(17)2)26(21,22)20-14-19(8-10-23-11-9-19)18-5-4-12-25-18/h4-7,12-13,20H,3,8-11,14H2,1-2H3. The minimum atomic E-state index is -3.58. The lowest BCUT2D eigenvalue weighted by Crippen LogP contribution is -2.44. The van der Waals surface area contributed by atoms with Crippen molar-refractivity contribution in [2.45, 2.75) is 37.0 Å². The van der Waals surface area contributed by atoms with Crippen molar-refractivity contribution < 1.29 is 17.9 Å². The molecular weight excluding hydrogens is 370 g/mol. The first-order chi connectivity index (χ1) is 12.5. The van der Waals surface area contributed by atoms with Crippen LogP contribution in [0.4, 0.5) is 0 Å². The second-order valence-electron chi connectivity index (χ2n) is 6.55. The number of thiophene rings is 1. The van der Waals surface area contributed by atoms with E-state index in [1.807, 2.05) is 25.3 Å². The molecule has 0 spiro atoms. The Labute approximate surface area is 159 Å². The molecule has 7 heteroatoms. The highest BCUT2D eigenvalue weighted by Gasteiger charge is 2.36. The van der Waals surface area contributed by atoms with Gasteiger partial charge in [0.05, 0.1) is 11.5 Å². The van der Waals surface area contributed by atoms with Crippen LogP contribution in [-0.2, 0) is 20.2 Å². The highest BCUT2D eigenvalue weighted by molar-refractivity contribution is 7.89. The third-order valence-electron chi connectivity index (χ3n) is 4.85. The summed E-state index contributed by atoms with van der Waals surface area (Å²) in [7, 11) is -3.58. The summed E-state index contributed by atoms with van der Waals surface area (Å²) in [6.07, 6.45) is 1.64. The molecular formula is C19H25NO4S2. The van der Waals surface area contributed by atoms with Crippen molar-refractivity contribution in [1.29, 1.82) is 0 Å². The van der Waals surface area contributed by atoms with Gasteiger partial charge in [-0.25, -0.2) is 13.1 Å². The van der Waals surface area contributed by atoms with Gasteiger partial charge in [-0.1, -0.05) is 6.07 Å². The Morgan fingerprint density at radius 2 is 2.04 bits per heavy atom. The maximum Gasteiger partial charge on any atom is 0.240 e. The molecule has 1 aliphatic rings. The maximum absolute atomic E-state index is 12.8. The Morgan fingerprint density at radius 3 is 2.65 bits per heavy atom. The summed E-state index contributed by atoms with van der Waals surface area (Å²) in [5, 5.41) is 2.04. The fourth-order valence-electron chi connectivity index (χ4n) is 3.28. The van der Waals surface area contributed by atoms with Crippen molar-refractivity contribution in [2.24, 2.45) is 0 Å². The quantitative estimate of drug-likeness (QED) is 0.779. The van der Waals surface area contributed by atoms with E-state index < -0.39 is 10.0 Å². The first kappa shape index (κ1) is 19.4. The molecule has 1 N–H and O–H groups in total. The monoisotopic (exact) mass is 395 g/mol. The van der Waals surface area contributed by atoms with Crippen LogP contribution in [0.2, 0.25) is 0 Å². The Balaban J connectivity index is 1.79. The molecule has 1 fully saturated rings. The van der Waals surface area contributed by atoms with Gasteiger partial charge in [0.1, 0.15) is 5.75 Å². The topological polar surface area (TPSA) is 64.6 Å². The number of nitrogens with one attached hydrogen (secondary N) is 1. The Kier molecular flexibility index (Phi) is 6.02. The zero-order valence-electron chi connectivity index (χ0n) is 15.2. The van der Waals surface area contributed by atoms with Gasteiger partial charge in [0, 0.05) is 30.1 Å². The summed E-state index contributed by atoms with van der Waals surface area (Å²) in [6, 6.07) is 9.08. The first-order valence-corrected chi connectivity index (χ1v) is 11.2. The van der Waals surface area contributed by atoms with Crippen LogP contribution in [0.25, 0.3) is 0 Å². The summed E-state index contributed by atoms with van der Waals surface area (Å²) in [5.74, 6) is 0.714. The Bertz CT molecular complexity index is 825. The molecule has 1 aliphatic heterocycles. The SMILES string of the molecule is CCOc1ccc(S(=O)(=O)NCC2(c3cccs3)CCOCC2)cc1C. The van der Waals surface area contributed by atoms with Crippen LogP contribution in [0, 0.1) is 6.92 Å². The lowest BCUT2D eigenvalue weighted by molar-refractivity contribution is 0.0529. The van der Waals surface area contributed by atoms with Crippen LogP contribution >= 0.6 is 11.3 Å². The van der Waals surface area contributed by atoms with Crippen LogP contribution in [0.15, 0.2) is 40.6 Å². The van der Waals surface area contributed by atoms with Crippen LogP contribution in [0.1, 0.15) is 30.2 Å². The largest absolute Gasteiger partial charge is 0.494 e. The van der Waals surface area contributed by atoms with Gasteiger partial charge in [-0.3, -0.25) is 0 Å². The fourth-order valence-corrected chi connectivity index (χ4v) is 5.48. The van der Waals surface area contributed by atoms with Gasteiger partial charge in [-0.2, -0.15) is 0 Å². The van der Waals surface area contributed by atoms with Gasteiger partial charge in [-0.05, 0) is 61.9 Å². The Morgan fingerprint density at radius 1 is 1.27 bits per heavy atom. The van der Waals surface area contributed by atoms with E-state index in [1.54, 1.807) is 29.5 Å². The summed E-state index contributed by atoms with van der Waals surface area (Å²) in [5.41, 5.74) is 0.619. The number of hydrogen-bond donors (Lipinski definition) is 1. The van der Waals surface area contributed by atoms with Crippen LogP contribution < -0.4 is 9.46 Å². The van der Waals surface area contributed by atoms with Crippen LogP contribution in [0.3, 0.4) is 0 Å². The number of hydrogen-bond acceptors (Lipinski definition) is 5. The lowest BCUT2D eigenvalue weighted by Gasteiger charge is -2.36. The number of benzene rings is 1. The van der Waals surface area contributed by atoms with E-state index in [0.717, 1.165) is 18.4 Å². The average molecular weight is 396 g/mol. The molecule has 0 atom stereocenters. The second kappa shape index (κ2) is 8.08. The summed E-state index contributed by atoms with van der Waals surface area (Å²) in [6.45, 7) is 6.00. The van der Waals surface area contributed by atoms with Gasteiger partial charge >= 0.3 is 0 Å². The van der Waals surface area contributed by atoms with E-state index in [2.05, 4.69) is 10.8 Å². The van der Waals surface area contributed by atoms with Crippen LogP contribution in [0.5, 0.6) is 5.75 Å². The van der Waals surface area contributed by atoms with Crippen molar-refractivity contribution in [3.05, 3.63) is 46.2 Å². The molecule has 2 aromatic rings. The van der Waals surface area contributed by atoms with E-state index in [-0.39, 0.29) is 10.3 Å². The molecule has 0 radical (unpaired) electrons. The molecule has 5 nitrogen and oxygen atoms in total. The zero-order chi connectivity index (χ0) is 18.6. The van der Waals surface area contributed by atoms with Gasteiger partial charge in [0.25, 0.3) is 0 Å². The van der Waals surface area contributed by atoms with Crippen molar-refractivity contribution >= 4 is 21.4 Å². The summed E-state index contributed by atoms with van der Waals surface area (Å²) >= 11 is 1.68. The second-order valence-corrected chi connectivity index (χ2v) is 9.27. The predicted molar refractivity (Wildman–Crippen MR) is 104 cm³/mol. The molecule has 0 unspecified atom stereocenters. The van der Waals surface area contributed by atoms with Gasteiger partial charge < -0.3 is 9.47 Å². The van der Waals surface area contributed by atoms with E-state index in [4.69, 9.17) is 9.47 Å². The Hall–Kier alpha value is -1.41. The number of rotatable bonds is 7. The van der Waals surface area contributed by atoms with E-state index in [1.165, 1.54) is 4.88 Å². The molecule has 0 saturated carbocycles. The van der Waals surface area contributed by atoms with Crippen LogP contribution in [-0.4, -0.2) is 34.8 Å². The van der Waals surface area contributed by atoms with E-state index >= 15 is 0 Å². The molecule has 26 heavy (non-hydrogen) atoms. The minimum Gasteiger partial charge on any atom is -0.494 e. The third kappa shape index (κ3) is 4.11. The normalized spacial score (nSPS) is 17.2. The summed E-state index contributed by atoms with van der Waals surface area (Å²) < 4.78 is 39.5. The number of sulfonamides is 1. The highest BCUT2D eigenvalue weighted by Crippen LogP contribution is 2.37. The van der Waals surface area contributed by atoms with Gasteiger partial charge in [0.15, 0.2) is 0 Å². The molecule has 0 aliphatic carbocycles.